The third-order valence-electron chi connectivity index (χ3n) is 1.59. The van der Waals surface area contributed by atoms with Crippen molar-refractivity contribution in [2.24, 2.45) is 5.73 Å². The van der Waals surface area contributed by atoms with Gasteiger partial charge in [-0.2, -0.15) is 0 Å². The number of nitrogens with zero attached hydrogens (tertiary/aromatic N) is 1. The van der Waals surface area contributed by atoms with Gasteiger partial charge in [-0.05, 0) is 12.1 Å². The van der Waals surface area contributed by atoms with Gasteiger partial charge in [0, 0.05) is 18.8 Å². The molecule has 0 fully saturated rings. The van der Waals surface area contributed by atoms with E-state index in [0.29, 0.717) is 13.1 Å². The van der Waals surface area contributed by atoms with Crippen molar-refractivity contribution in [1.29, 1.82) is 0 Å². The van der Waals surface area contributed by atoms with Gasteiger partial charge in [-0.25, -0.2) is 0 Å². The second kappa shape index (κ2) is 4.51. The molecule has 3 nitrogen and oxygen atoms in total. The Morgan fingerprint density at radius 2 is 2.00 bits per heavy atom. The predicted molar refractivity (Wildman–Crippen MR) is 48.9 cm³/mol. The molecule has 1 amide bonds. The Labute approximate surface area is 71.8 Å². The van der Waals surface area contributed by atoms with Crippen LogP contribution < -0.4 is 10.6 Å². The van der Waals surface area contributed by atoms with Crippen LogP contribution in [0.5, 0.6) is 0 Å². The Morgan fingerprint density at radius 1 is 1.33 bits per heavy atom. The van der Waals surface area contributed by atoms with Crippen LogP contribution in [0.15, 0.2) is 30.3 Å². The number of amides is 1. The molecular weight excluding hydrogens is 152 g/mol. The molecule has 0 saturated heterocycles. The number of hydrogen-bond acceptors (Lipinski definition) is 2. The standard InChI is InChI=1S/C9H12N2O/c10-6-7-11(8-12)9-4-2-1-3-5-9/h1-5,8H,6-7,10H2. The summed E-state index contributed by atoms with van der Waals surface area (Å²) in [6.45, 7) is 1.04. The van der Waals surface area contributed by atoms with E-state index in [1.165, 1.54) is 0 Å². The third-order valence-corrected chi connectivity index (χ3v) is 1.59. The van der Waals surface area contributed by atoms with Crippen LogP contribution in [-0.4, -0.2) is 19.5 Å². The first-order valence-electron chi connectivity index (χ1n) is 3.85. The number of hydrogen-bond donors (Lipinski definition) is 1. The van der Waals surface area contributed by atoms with E-state index >= 15 is 0 Å². The molecule has 3 heteroatoms. The van der Waals surface area contributed by atoms with E-state index < -0.39 is 0 Å². The topological polar surface area (TPSA) is 46.3 Å². The molecule has 0 heterocycles. The molecule has 64 valence electrons. The van der Waals surface area contributed by atoms with Gasteiger partial charge in [0.15, 0.2) is 0 Å². The summed E-state index contributed by atoms with van der Waals surface area (Å²) in [5.74, 6) is 0. The highest BCUT2D eigenvalue weighted by atomic mass is 16.1. The zero-order valence-corrected chi connectivity index (χ0v) is 6.81. The van der Waals surface area contributed by atoms with Gasteiger partial charge in [-0.15, -0.1) is 0 Å². The lowest BCUT2D eigenvalue weighted by molar-refractivity contribution is -0.107. The molecule has 0 aliphatic heterocycles. The van der Waals surface area contributed by atoms with Gasteiger partial charge < -0.3 is 10.6 Å². The number of carbonyl (C=O) groups excluding carboxylic acids is 1. The lowest BCUT2D eigenvalue weighted by atomic mass is 10.3. The minimum Gasteiger partial charge on any atom is -0.329 e. The highest BCUT2D eigenvalue weighted by molar-refractivity contribution is 5.74. The summed E-state index contributed by atoms with van der Waals surface area (Å²) in [6.07, 6.45) is 0.794. The smallest absolute Gasteiger partial charge is 0.214 e. The van der Waals surface area contributed by atoms with Crippen LogP contribution >= 0.6 is 0 Å². The molecule has 0 atom stereocenters. The van der Waals surface area contributed by atoms with E-state index in [2.05, 4.69) is 0 Å². The molecule has 0 spiro atoms. The van der Waals surface area contributed by atoms with Crippen molar-refractivity contribution in [2.45, 2.75) is 0 Å². The lowest BCUT2D eigenvalue weighted by Crippen LogP contribution is -2.27. The zero-order chi connectivity index (χ0) is 8.81. The number of benzene rings is 1. The van der Waals surface area contributed by atoms with Crippen molar-refractivity contribution < 1.29 is 4.79 Å². The van der Waals surface area contributed by atoms with Crippen LogP contribution in [0.2, 0.25) is 0 Å². The SMILES string of the molecule is NCCN(C=O)c1ccccc1. The summed E-state index contributed by atoms with van der Waals surface area (Å²) in [4.78, 5) is 12.1. The summed E-state index contributed by atoms with van der Waals surface area (Å²) in [5, 5.41) is 0. The Morgan fingerprint density at radius 3 is 2.50 bits per heavy atom. The third kappa shape index (κ3) is 2.07. The number of para-hydroxylation sites is 1. The molecule has 0 unspecified atom stereocenters. The highest BCUT2D eigenvalue weighted by Gasteiger charge is 2.00. The van der Waals surface area contributed by atoms with Crippen molar-refractivity contribution in [3.63, 3.8) is 0 Å². The maximum atomic E-state index is 10.6. The lowest BCUT2D eigenvalue weighted by Gasteiger charge is -2.15. The van der Waals surface area contributed by atoms with Gasteiger partial charge in [0.05, 0.1) is 0 Å². The zero-order valence-electron chi connectivity index (χ0n) is 6.81. The monoisotopic (exact) mass is 164 g/mol. The first-order chi connectivity index (χ1) is 5.88. The fourth-order valence-electron chi connectivity index (χ4n) is 1.00. The Kier molecular flexibility index (Phi) is 3.29. The molecule has 12 heavy (non-hydrogen) atoms. The summed E-state index contributed by atoms with van der Waals surface area (Å²) < 4.78 is 0. The number of nitrogens with two attached hydrogens (primary N) is 1. The molecule has 0 saturated carbocycles. The van der Waals surface area contributed by atoms with Gasteiger partial charge in [0.2, 0.25) is 6.41 Å². The molecule has 1 aromatic carbocycles. The predicted octanol–water partition coefficient (Wildman–Crippen LogP) is 0.608. The van der Waals surface area contributed by atoms with Crippen LogP contribution in [0.4, 0.5) is 5.69 Å². The van der Waals surface area contributed by atoms with Crippen molar-refractivity contribution in [3.8, 4) is 0 Å². The normalized spacial score (nSPS) is 9.42. The highest BCUT2D eigenvalue weighted by Crippen LogP contribution is 2.09. The number of carbonyl (C=O) groups is 1. The number of anilines is 1. The first-order valence-corrected chi connectivity index (χ1v) is 3.85. The van der Waals surface area contributed by atoms with Crippen molar-refractivity contribution >= 4 is 12.1 Å². The Hall–Kier alpha value is -1.35. The van der Waals surface area contributed by atoms with Crippen molar-refractivity contribution in [2.75, 3.05) is 18.0 Å². The largest absolute Gasteiger partial charge is 0.329 e. The van der Waals surface area contributed by atoms with Crippen LogP contribution in [-0.2, 0) is 4.79 Å². The first kappa shape index (κ1) is 8.74. The second-order valence-corrected chi connectivity index (χ2v) is 2.42. The van der Waals surface area contributed by atoms with Gasteiger partial charge in [0.1, 0.15) is 0 Å². The summed E-state index contributed by atoms with van der Waals surface area (Å²) >= 11 is 0. The molecule has 0 bridgehead atoms. The fraction of sp³-hybridized carbons (Fsp3) is 0.222. The van der Waals surface area contributed by atoms with Gasteiger partial charge in [-0.1, -0.05) is 18.2 Å². The number of rotatable bonds is 4. The van der Waals surface area contributed by atoms with E-state index in [1.54, 1.807) is 4.90 Å². The van der Waals surface area contributed by atoms with E-state index in [1.807, 2.05) is 30.3 Å². The maximum Gasteiger partial charge on any atom is 0.214 e. The molecule has 0 aliphatic rings. The van der Waals surface area contributed by atoms with Crippen LogP contribution in [0.1, 0.15) is 0 Å². The molecule has 0 aromatic heterocycles. The minimum absolute atomic E-state index is 0.480. The summed E-state index contributed by atoms with van der Waals surface area (Å²) in [5.41, 5.74) is 6.23. The Bertz CT molecular complexity index is 236. The van der Waals surface area contributed by atoms with E-state index in [-0.39, 0.29) is 0 Å². The minimum atomic E-state index is 0.480. The van der Waals surface area contributed by atoms with Gasteiger partial charge in [0.25, 0.3) is 0 Å². The molecule has 0 radical (unpaired) electrons. The quantitative estimate of drug-likeness (QED) is 0.663. The van der Waals surface area contributed by atoms with E-state index in [0.717, 1.165) is 12.1 Å². The second-order valence-electron chi connectivity index (χ2n) is 2.42. The fourth-order valence-corrected chi connectivity index (χ4v) is 1.00. The van der Waals surface area contributed by atoms with Crippen molar-refractivity contribution in [1.82, 2.24) is 0 Å². The van der Waals surface area contributed by atoms with Crippen LogP contribution in [0.3, 0.4) is 0 Å². The molecule has 1 aromatic rings. The average Bonchev–Trinajstić information content (AvgIpc) is 2.15. The summed E-state index contributed by atoms with van der Waals surface area (Å²) in [7, 11) is 0. The summed E-state index contributed by atoms with van der Waals surface area (Å²) in [6, 6.07) is 9.45. The van der Waals surface area contributed by atoms with Crippen LogP contribution in [0, 0.1) is 0 Å². The van der Waals surface area contributed by atoms with Crippen LogP contribution in [0.25, 0.3) is 0 Å². The van der Waals surface area contributed by atoms with E-state index in [9.17, 15) is 4.79 Å². The van der Waals surface area contributed by atoms with Gasteiger partial charge >= 0.3 is 0 Å². The Balaban J connectivity index is 2.73. The molecule has 1 rings (SSSR count). The van der Waals surface area contributed by atoms with E-state index in [4.69, 9.17) is 5.73 Å². The average molecular weight is 164 g/mol. The van der Waals surface area contributed by atoms with Gasteiger partial charge in [-0.3, -0.25) is 4.79 Å². The molecular formula is C9H12N2O. The van der Waals surface area contributed by atoms with Crippen molar-refractivity contribution in [3.05, 3.63) is 30.3 Å². The molecule has 2 N–H and O–H groups in total. The molecule has 0 aliphatic carbocycles. The maximum absolute atomic E-state index is 10.6.